The first-order valence-corrected chi connectivity index (χ1v) is 9.84. The normalized spacial score (nSPS) is 20.1. The molecule has 0 aliphatic carbocycles. The van der Waals surface area contributed by atoms with Crippen molar-refractivity contribution in [3.63, 3.8) is 0 Å². The number of carbonyl (C=O) groups is 1. The van der Waals surface area contributed by atoms with Crippen molar-refractivity contribution in [2.24, 2.45) is 0 Å². The van der Waals surface area contributed by atoms with Crippen LogP contribution in [0.25, 0.3) is 11.5 Å². The molecule has 3 heterocycles. The van der Waals surface area contributed by atoms with Gasteiger partial charge in [-0.3, -0.25) is 14.6 Å². The summed E-state index contributed by atoms with van der Waals surface area (Å²) >= 11 is 0. The highest BCUT2D eigenvalue weighted by Crippen LogP contribution is 2.24. The third-order valence-electron chi connectivity index (χ3n) is 5.59. The number of likely N-dealkylation sites (tertiary alicyclic amines) is 1. The highest BCUT2D eigenvalue weighted by Gasteiger charge is 2.28. The van der Waals surface area contributed by atoms with Crippen molar-refractivity contribution >= 4 is 5.91 Å². The average molecular weight is 369 g/mol. The molecule has 1 unspecified atom stereocenters. The second-order valence-corrected chi connectivity index (χ2v) is 7.39. The smallest absolute Gasteiger partial charge is 0.247 e. The molecule has 2 fully saturated rings. The minimum Gasteiger partial charge on any atom is -0.419 e. The molecule has 7 nitrogen and oxygen atoms in total. The zero-order valence-electron chi connectivity index (χ0n) is 15.9. The van der Waals surface area contributed by atoms with E-state index in [0.717, 1.165) is 57.7 Å². The van der Waals surface area contributed by atoms with E-state index in [1.807, 2.05) is 35.2 Å². The molecular weight excluding hydrogens is 342 g/mol. The quantitative estimate of drug-likeness (QED) is 0.804. The number of benzene rings is 1. The highest BCUT2D eigenvalue weighted by molar-refractivity contribution is 5.78. The Hall–Kier alpha value is -2.25. The van der Waals surface area contributed by atoms with Crippen molar-refractivity contribution in [2.75, 3.05) is 45.8 Å². The van der Waals surface area contributed by atoms with Crippen LogP contribution in [0, 0.1) is 0 Å². The van der Waals surface area contributed by atoms with Crippen molar-refractivity contribution in [1.82, 2.24) is 24.9 Å². The Labute approximate surface area is 159 Å². The maximum Gasteiger partial charge on any atom is 0.247 e. The van der Waals surface area contributed by atoms with Crippen molar-refractivity contribution < 1.29 is 9.21 Å². The van der Waals surface area contributed by atoms with Crippen molar-refractivity contribution in [3.8, 4) is 11.5 Å². The summed E-state index contributed by atoms with van der Waals surface area (Å²) in [5, 5.41) is 8.45. The van der Waals surface area contributed by atoms with E-state index < -0.39 is 0 Å². The number of carbonyl (C=O) groups excluding carboxylic acids is 1. The van der Waals surface area contributed by atoms with Gasteiger partial charge < -0.3 is 9.32 Å². The SMILES string of the molecule is CC(c1nnc(-c2ccccc2)o1)N1CCN(CC(=O)N2CCCC2)CC1. The molecule has 1 amide bonds. The molecule has 0 N–H and O–H groups in total. The van der Waals surface area contributed by atoms with E-state index in [-0.39, 0.29) is 11.9 Å². The predicted octanol–water partition coefficient (Wildman–Crippen LogP) is 2.04. The lowest BCUT2D eigenvalue weighted by atomic mass is 10.2. The molecule has 2 aromatic rings. The van der Waals surface area contributed by atoms with Crippen LogP contribution in [0.3, 0.4) is 0 Å². The largest absolute Gasteiger partial charge is 0.419 e. The summed E-state index contributed by atoms with van der Waals surface area (Å²) < 4.78 is 5.91. The summed E-state index contributed by atoms with van der Waals surface area (Å²) in [5.41, 5.74) is 0.939. The van der Waals surface area contributed by atoms with E-state index in [9.17, 15) is 4.79 Å². The molecule has 1 aromatic heterocycles. The lowest BCUT2D eigenvalue weighted by Gasteiger charge is -2.37. The van der Waals surface area contributed by atoms with Crippen LogP contribution in [0.15, 0.2) is 34.7 Å². The minimum atomic E-state index is 0.0754. The van der Waals surface area contributed by atoms with Gasteiger partial charge in [-0.1, -0.05) is 18.2 Å². The molecule has 2 saturated heterocycles. The second kappa shape index (κ2) is 8.19. The van der Waals surface area contributed by atoms with E-state index in [1.54, 1.807) is 0 Å². The van der Waals surface area contributed by atoms with E-state index in [2.05, 4.69) is 26.9 Å². The van der Waals surface area contributed by atoms with E-state index >= 15 is 0 Å². The lowest BCUT2D eigenvalue weighted by molar-refractivity contribution is -0.131. The Morgan fingerprint density at radius 1 is 1.04 bits per heavy atom. The first-order chi connectivity index (χ1) is 13.2. The van der Waals surface area contributed by atoms with Gasteiger partial charge in [0.1, 0.15) is 0 Å². The molecule has 0 spiro atoms. The number of piperazine rings is 1. The summed E-state index contributed by atoms with van der Waals surface area (Å²) in [6.45, 7) is 8.09. The van der Waals surface area contributed by atoms with Gasteiger partial charge in [0, 0.05) is 44.8 Å². The number of rotatable bonds is 5. The van der Waals surface area contributed by atoms with Crippen molar-refractivity contribution in [1.29, 1.82) is 0 Å². The topological polar surface area (TPSA) is 65.7 Å². The number of hydrogen-bond donors (Lipinski definition) is 0. The van der Waals surface area contributed by atoms with Crippen LogP contribution in [0.1, 0.15) is 31.7 Å². The molecule has 2 aliphatic heterocycles. The molecule has 0 saturated carbocycles. The van der Waals surface area contributed by atoms with Gasteiger partial charge in [-0.15, -0.1) is 10.2 Å². The lowest BCUT2D eigenvalue weighted by Crippen LogP contribution is -2.50. The van der Waals surface area contributed by atoms with Crippen LogP contribution in [0.5, 0.6) is 0 Å². The average Bonchev–Trinajstić information content (AvgIpc) is 3.41. The van der Waals surface area contributed by atoms with Crippen LogP contribution in [-0.4, -0.2) is 76.6 Å². The fourth-order valence-corrected chi connectivity index (χ4v) is 3.82. The van der Waals surface area contributed by atoms with Crippen LogP contribution >= 0.6 is 0 Å². The molecule has 0 bridgehead atoms. The fraction of sp³-hybridized carbons (Fsp3) is 0.550. The van der Waals surface area contributed by atoms with Crippen molar-refractivity contribution in [3.05, 3.63) is 36.2 Å². The molecule has 144 valence electrons. The van der Waals surface area contributed by atoms with Gasteiger partial charge in [0.25, 0.3) is 0 Å². The summed E-state index contributed by atoms with van der Waals surface area (Å²) in [6, 6.07) is 9.91. The van der Waals surface area contributed by atoms with Gasteiger partial charge >= 0.3 is 0 Å². The van der Waals surface area contributed by atoms with Crippen molar-refractivity contribution in [2.45, 2.75) is 25.8 Å². The zero-order valence-corrected chi connectivity index (χ0v) is 15.9. The third kappa shape index (κ3) is 4.20. The Morgan fingerprint density at radius 3 is 2.44 bits per heavy atom. The highest BCUT2D eigenvalue weighted by atomic mass is 16.4. The molecule has 1 atom stereocenters. The Bertz CT molecular complexity index is 749. The standard InChI is InChI=1S/C20H27N5O2/c1-16(19-21-22-20(27-19)17-7-3-2-4-8-17)24-13-11-23(12-14-24)15-18(26)25-9-5-6-10-25/h2-4,7-8,16H,5-6,9-15H2,1H3. The first-order valence-electron chi connectivity index (χ1n) is 9.84. The molecule has 2 aliphatic rings. The Kier molecular flexibility index (Phi) is 5.50. The maximum absolute atomic E-state index is 12.3. The van der Waals surface area contributed by atoms with Crippen LogP contribution in [0.4, 0.5) is 0 Å². The van der Waals surface area contributed by atoms with Gasteiger partial charge in [-0.2, -0.15) is 0 Å². The van der Waals surface area contributed by atoms with Crippen LogP contribution < -0.4 is 0 Å². The fourth-order valence-electron chi connectivity index (χ4n) is 3.82. The Balaban J connectivity index is 1.30. The van der Waals surface area contributed by atoms with Gasteiger partial charge in [-0.05, 0) is 31.9 Å². The number of amides is 1. The third-order valence-corrected chi connectivity index (χ3v) is 5.59. The van der Waals surface area contributed by atoms with Gasteiger partial charge in [-0.25, -0.2) is 0 Å². The monoisotopic (exact) mass is 369 g/mol. The van der Waals surface area contributed by atoms with Gasteiger partial charge in [0.2, 0.25) is 17.7 Å². The number of aromatic nitrogens is 2. The molecule has 27 heavy (non-hydrogen) atoms. The minimum absolute atomic E-state index is 0.0754. The van der Waals surface area contributed by atoms with Crippen LogP contribution in [0.2, 0.25) is 0 Å². The Morgan fingerprint density at radius 2 is 1.74 bits per heavy atom. The maximum atomic E-state index is 12.3. The van der Waals surface area contributed by atoms with E-state index in [4.69, 9.17) is 4.42 Å². The molecule has 4 rings (SSSR count). The first kappa shape index (κ1) is 18.1. The van der Waals surface area contributed by atoms with Gasteiger partial charge in [0.15, 0.2) is 0 Å². The van der Waals surface area contributed by atoms with Crippen LogP contribution in [-0.2, 0) is 4.79 Å². The van der Waals surface area contributed by atoms with Gasteiger partial charge in [0.05, 0.1) is 12.6 Å². The summed E-state index contributed by atoms with van der Waals surface area (Å²) in [5.74, 6) is 1.49. The second-order valence-electron chi connectivity index (χ2n) is 7.39. The molecular formula is C20H27N5O2. The number of hydrogen-bond acceptors (Lipinski definition) is 6. The molecule has 0 radical (unpaired) electrons. The van der Waals surface area contributed by atoms with E-state index in [0.29, 0.717) is 18.3 Å². The predicted molar refractivity (Wildman–Crippen MR) is 102 cm³/mol. The summed E-state index contributed by atoms with van der Waals surface area (Å²) in [4.78, 5) is 18.9. The zero-order chi connectivity index (χ0) is 18.6. The molecule has 7 heteroatoms. The summed E-state index contributed by atoms with van der Waals surface area (Å²) in [6.07, 6.45) is 2.29. The van der Waals surface area contributed by atoms with E-state index in [1.165, 1.54) is 0 Å². The summed E-state index contributed by atoms with van der Waals surface area (Å²) in [7, 11) is 0. The molecule has 1 aromatic carbocycles. The number of nitrogens with zero attached hydrogens (tertiary/aromatic N) is 5.